The molecule has 0 bridgehead atoms. The van der Waals surface area contributed by atoms with Crippen LogP contribution in [0.2, 0.25) is 0 Å². The number of benzene rings is 1. The van der Waals surface area contributed by atoms with E-state index in [0.29, 0.717) is 11.3 Å². The van der Waals surface area contributed by atoms with Gasteiger partial charge >= 0.3 is 5.97 Å². The van der Waals surface area contributed by atoms with Crippen LogP contribution in [0.25, 0.3) is 0 Å². The third kappa shape index (κ3) is 4.77. The maximum Gasteiger partial charge on any atom is 0.337 e. The van der Waals surface area contributed by atoms with Crippen LogP contribution in [-0.4, -0.2) is 42.6 Å². The molecule has 0 radical (unpaired) electrons. The molecule has 21 heavy (non-hydrogen) atoms. The van der Waals surface area contributed by atoms with Gasteiger partial charge in [-0.3, -0.25) is 4.79 Å². The molecule has 0 aliphatic heterocycles. The Balaban J connectivity index is 2.62. The molecule has 0 heterocycles. The summed E-state index contributed by atoms with van der Waals surface area (Å²) in [6.45, 7) is 7.88. The fourth-order valence-corrected chi connectivity index (χ4v) is 2.20. The highest BCUT2D eigenvalue weighted by molar-refractivity contribution is 5.89. The zero-order valence-corrected chi connectivity index (χ0v) is 13.3. The first-order chi connectivity index (χ1) is 9.86. The summed E-state index contributed by atoms with van der Waals surface area (Å²) in [6, 6.07) is 6.76. The van der Waals surface area contributed by atoms with Gasteiger partial charge in [0.25, 0.3) is 5.91 Å². The van der Waals surface area contributed by atoms with Crippen LogP contribution in [0.5, 0.6) is 5.75 Å². The minimum Gasteiger partial charge on any atom is -0.484 e. The van der Waals surface area contributed by atoms with Crippen LogP contribution in [-0.2, 0) is 9.53 Å². The van der Waals surface area contributed by atoms with E-state index in [9.17, 15) is 9.59 Å². The third-order valence-corrected chi connectivity index (χ3v) is 3.04. The third-order valence-electron chi connectivity index (χ3n) is 3.04. The Hall–Kier alpha value is -2.04. The molecule has 0 aromatic heterocycles. The van der Waals surface area contributed by atoms with E-state index in [1.165, 1.54) is 7.11 Å². The Kier molecular flexibility index (Phi) is 6.21. The first-order valence-corrected chi connectivity index (χ1v) is 6.99. The van der Waals surface area contributed by atoms with Crippen LogP contribution in [0, 0.1) is 0 Å². The quantitative estimate of drug-likeness (QED) is 0.756. The Morgan fingerprint density at radius 1 is 1.05 bits per heavy atom. The topological polar surface area (TPSA) is 55.8 Å². The van der Waals surface area contributed by atoms with Crippen molar-refractivity contribution >= 4 is 11.9 Å². The molecule has 0 N–H and O–H groups in total. The second-order valence-electron chi connectivity index (χ2n) is 5.29. The Morgan fingerprint density at radius 2 is 1.57 bits per heavy atom. The lowest BCUT2D eigenvalue weighted by Gasteiger charge is -2.30. The average molecular weight is 293 g/mol. The van der Waals surface area contributed by atoms with Crippen molar-refractivity contribution in [2.24, 2.45) is 0 Å². The predicted octanol–water partition coefficient (Wildman–Crippen LogP) is 2.50. The number of rotatable bonds is 6. The lowest BCUT2D eigenvalue weighted by Crippen LogP contribution is -2.44. The normalized spacial score (nSPS) is 10.6. The molecule has 1 rings (SSSR count). The highest BCUT2D eigenvalue weighted by Gasteiger charge is 2.20. The Morgan fingerprint density at radius 3 is 2.00 bits per heavy atom. The Bertz CT molecular complexity index is 472. The first-order valence-electron chi connectivity index (χ1n) is 6.99. The van der Waals surface area contributed by atoms with Crippen LogP contribution in [0.1, 0.15) is 38.1 Å². The van der Waals surface area contributed by atoms with E-state index < -0.39 is 5.97 Å². The van der Waals surface area contributed by atoms with E-state index >= 15 is 0 Å². The number of carbonyl (C=O) groups is 2. The maximum absolute atomic E-state index is 12.1. The smallest absolute Gasteiger partial charge is 0.337 e. The van der Waals surface area contributed by atoms with Gasteiger partial charge in [0.15, 0.2) is 6.61 Å². The number of nitrogens with zero attached hydrogens (tertiary/aromatic N) is 1. The predicted molar refractivity (Wildman–Crippen MR) is 80.4 cm³/mol. The fourth-order valence-electron chi connectivity index (χ4n) is 2.20. The number of ether oxygens (including phenoxy) is 2. The molecule has 116 valence electrons. The number of hydrogen-bond acceptors (Lipinski definition) is 4. The van der Waals surface area contributed by atoms with E-state index in [1.807, 2.05) is 27.7 Å². The van der Waals surface area contributed by atoms with Gasteiger partial charge in [0.2, 0.25) is 0 Å². The van der Waals surface area contributed by atoms with Crippen molar-refractivity contribution in [1.82, 2.24) is 4.90 Å². The maximum atomic E-state index is 12.1. The molecule has 5 heteroatoms. The lowest BCUT2D eigenvalue weighted by molar-refractivity contribution is -0.136. The standard InChI is InChI=1S/C16H23NO4/c1-11(2)17(12(3)4)15(18)10-21-14-8-6-13(7-9-14)16(19)20-5/h6-9,11-12H,10H2,1-5H3. The van der Waals surface area contributed by atoms with Crippen LogP contribution in [0.3, 0.4) is 0 Å². The molecular weight excluding hydrogens is 270 g/mol. The van der Waals surface area contributed by atoms with Gasteiger partial charge in [0.1, 0.15) is 5.75 Å². The zero-order valence-electron chi connectivity index (χ0n) is 13.3. The molecular formula is C16H23NO4. The summed E-state index contributed by atoms with van der Waals surface area (Å²) in [5.74, 6) is 0.0870. The van der Waals surface area contributed by atoms with E-state index in [2.05, 4.69) is 4.74 Å². The van der Waals surface area contributed by atoms with E-state index in [-0.39, 0.29) is 24.6 Å². The van der Waals surface area contributed by atoms with Crippen molar-refractivity contribution in [2.45, 2.75) is 39.8 Å². The summed E-state index contributed by atoms with van der Waals surface area (Å²) < 4.78 is 10.1. The molecule has 0 spiro atoms. The van der Waals surface area contributed by atoms with Crippen molar-refractivity contribution in [2.75, 3.05) is 13.7 Å². The van der Waals surface area contributed by atoms with Gasteiger partial charge < -0.3 is 14.4 Å². The summed E-state index contributed by atoms with van der Waals surface area (Å²) in [5, 5.41) is 0. The number of carbonyl (C=O) groups excluding carboxylic acids is 2. The number of amides is 1. The van der Waals surface area contributed by atoms with E-state index in [4.69, 9.17) is 4.74 Å². The van der Waals surface area contributed by atoms with Crippen molar-refractivity contribution in [3.8, 4) is 5.75 Å². The number of esters is 1. The molecule has 0 saturated heterocycles. The Labute approximate surface area is 125 Å². The van der Waals surface area contributed by atoms with Crippen molar-refractivity contribution in [1.29, 1.82) is 0 Å². The SMILES string of the molecule is COC(=O)c1ccc(OCC(=O)N(C(C)C)C(C)C)cc1. The largest absolute Gasteiger partial charge is 0.484 e. The minimum atomic E-state index is -0.400. The van der Waals surface area contributed by atoms with Crippen LogP contribution < -0.4 is 4.74 Å². The molecule has 0 saturated carbocycles. The molecule has 0 unspecified atom stereocenters. The number of hydrogen-bond donors (Lipinski definition) is 0. The van der Waals surface area contributed by atoms with Gasteiger partial charge in [-0.15, -0.1) is 0 Å². The highest BCUT2D eigenvalue weighted by atomic mass is 16.5. The zero-order chi connectivity index (χ0) is 16.0. The minimum absolute atomic E-state index is 0.0199. The van der Waals surface area contributed by atoms with Gasteiger partial charge in [-0.05, 0) is 52.0 Å². The van der Waals surface area contributed by atoms with Crippen molar-refractivity contribution < 1.29 is 19.1 Å². The van der Waals surface area contributed by atoms with Gasteiger partial charge in [-0.1, -0.05) is 0 Å². The molecule has 1 aromatic carbocycles. The second kappa shape index (κ2) is 7.67. The average Bonchev–Trinajstić information content (AvgIpc) is 2.44. The molecule has 0 aliphatic rings. The fraction of sp³-hybridized carbons (Fsp3) is 0.500. The van der Waals surface area contributed by atoms with Gasteiger partial charge in [-0.2, -0.15) is 0 Å². The summed E-state index contributed by atoms with van der Waals surface area (Å²) in [5.41, 5.74) is 0.446. The van der Waals surface area contributed by atoms with E-state index in [0.717, 1.165) is 0 Å². The first kappa shape index (κ1) is 17.0. The monoisotopic (exact) mass is 293 g/mol. The highest BCUT2D eigenvalue weighted by Crippen LogP contribution is 2.14. The van der Waals surface area contributed by atoms with Gasteiger partial charge in [0, 0.05) is 12.1 Å². The second-order valence-corrected chi connectivity index (χ2v) is 5.29. The molecule has 5 nitrogen and oxygen atoms in total. The molecule has 0 fully saturated rings. The molecule has 0 aliphatic carbocycles. The summed E-state index contributed by atoms with van der Waals surface area (Å²) in [6.07, 6.45) is 0. The van der Waals surface area contributed by atoms with Gasteiger partial charge in [-0.25, -0.2) is 4.79 Å². The van der Waals surface area contributed by atoms with E-state index in [1.54, 1.807) is 29.2 Å². The van der Waals surface area contributed by atoms with Crippen LogP contribution in [0.4, 0.5) is 0 Å². The van der Waals surface area contributed by atoms with Crippen LogP contribution >= 0.6 is 0 Å². The van der Waals surface area contributed by atoms with Crippen molar-refractivity contribution in [3.63, 3.8) is 0 Å². The molecule has 1 amide bonds. The van der Waals surface area contributed by atoms with Gasteiger partial charge in [0.05, 0.1) is 12.7 Å². The molecule has 0 atom stereocenters. The van der Waals surface area contributed by atoms with Crippen molar-refractivity contribution in [3.05, 3.63) is 29.8 Å². The molecule has 1 aromatic rings. The lowest BCUT2D eigenvalue weighted by atomic mass is 10.2. The summed E-state index contributed by atoms with van der Waals surface area (Å²) in [4.78, 5) is 25.2. The van der Waals surface area contributed by atoms with Crippen LogP contribution in [0.15, 0.2) is 24.3 Å². The number of methoxy groups -OCH3 is 1. The summed E-state index contributed by atoms with van der Waals surface area (Å²) >= 11 is 0. The summed E-state index contributed by atoms with van der Waals surface area (Å²) in [7, 11) is 1.33.